The largest absolute Gasteiger partial charge is 0.493 e. The van der Waals surface area contributed by atoms with Crippen LogP contribution in [0.25, 0.3) is 0 Å². The van der Waals surface area contributed by atoms with Crippen LogP contribution < -0.4 is 15.0 Å². The van der Waals surface area contributed by atoms with Gasteiger partial charge in [-0.1, -0.05) is 19.4 Å². The van der Waals surface area contributed by atoms with E-state index >= 15 is 0 Å². The summed E-state index contributed by atoms with van der Waals surface area (Å²) < 4.78 is 11.8. The quantitative estimate of drug-likeness (QED) is 0.605. The summed E-state index contributed by atoms with van der Waals surface area (Å²) in [6.07, 6.45) is 1.75. The number of rotatable bonds is 6. The molecule has 2 rings (SSSR count). The lowest BCUT2D eigenvalue weighted by atomic mass is 10.2. The number of aryl methyl sites for hydroxylation is 2. The van der Waals surface area contributed by atoms with Crippen LogP contribution in [0.1, 0.15) is 35.8 Å². The van der Waals surface area contributed by atoms with Crippen LogP contribution >= 0.6 is 0 Å². The normalized spacial score (nSPS) is 10.4. The van der Waals surface area contributed by atoms with Gasteiger partial charge in [0, 0.05) is 12.6 Å². The molecule has 1 aromatic carbocycles. The molecule has 6 heteroatoms. The van der Waals surface area contributed by atoms with Gasteiger partial charge in [-0.3, -0.25) is 4.79 Å². The van der Waals surface area contributed by atoms with Gasteiger partial charge in [0.25, 0.3) is 5.56 Å². The molecule has 23 heavy (non-hydrogen) atoms. The van der Waals surface area contributed by atoms with Gasteiger partial charge in [-0.25, -0.2) is 9.48 Å². The number of methoxy groups -OCH3 is 1. The number of hydrogen-bond acceptors (Lipinski definition) is 5. The van der Waals surface area contributed by atoms with Crippen molar-refractivity contribution in [3.63, 3.8) is 0 Å². The Morgan fingerprint density at radius 1 is 1.22 bits per heavy atom. The number of nitrogens with zero attached hydrogens (tertiary/aromatic N) is 2. The third-order valence-corrected chi connectivity index (χ3v) is 3.32. The molecule has 0 aliphatic heterocycles. The molecular weight excluding hydrogens is 296 g/mol. The lowest BCUT2D eigenvalue weighted by Gasteiger charge is -2.10. The molecule has 0 radical (unpaired) electrons. The van der Waals surface area contributed by atoms with Crippen LogP contribution in [-0.2, 0) is 6.54 Å². The molecule has 1 aromatic heterocycles. The molecule has 0 fully saturated rings. The van der Waals surface area contributed by atoms with E-state index in [-0.39, 0.29) is 11.3 Å². The molecule has 0 spiro atoms. The van der Waals surface area contributed by atoms with Crippen LogP contribution in [0, 0.1) is 6.92 Å². The van der Waals surface area contributed by atoms with Crippen molar-refractivity contribution in [2.45, 2.75) is 33.2 Å². The van der Waals surface area contributed by atoms with Gasteiger partial charge in [0.15, 0.2) is 17.2 Å². The third kappa shape index (κ3) is 4.18. The summed E-state index contributed by atoms with van der Waals surface area (Å²) >= 11 is 0. The molecule has 0 saturated carbocycles. The molecule has 0 atom stereocenters. The molecule has 0 amide bonds. The number of esters is 1. The summed E-state index contributed by atoms with van der Waals surface area (Å²) in [6, 6.07) is 7.96. The second-order valence-corrected chi connectivity index (χ2v) is 5.18. The van der Waals surface area contributed by atoms with Crippen molar-refractivity contribution in [1.82, 2.24) is 9.78 Å². The highest BCUT2D eigenvalue weighted by atomic mass is 16.6. The fourth-order valence-corrected chi connectivity index (χ4v) is 2.04. The van der Waals surface area contributed by atoms with Crippen LogP contribution in [0.3, 0.4) is 0 Å². The van der Waals surface area contributed by atoms with Gasteiger partial charge in [-0.05, 0) is 37.1 Å². The predicted octanol–water partition coefficient (Wildman–Crippen LogP) is 2.58. The first-order chi connectivity index (χ1) is 11.0. The maximum Gasteiger partial charge on any atom is 0.364 e. The Morgan fingerprint density at radius 2 is 2.00 bits per heavy atom. The number of ether oxygens (including phenoxy) is 2. The monoisotopic (exact) mass is 316 g/mol. The highest BCUT2D eigenvalue weighted by Crippen LogP contribution is 2.28. The van der Waals surface area contributed by atoms with Crippen LogP contribution in [0.2, 0.25) is 0 Å². The van der Waals surface area contributed by atoms with Gasteiger partial charge in [0.05, 0.1) is 7.11 Å². The number of unbranched alkanes of at least 4 members (excludes halogenated alkanes) is 1. The van der Waals surface area contributed by atoms with Crippen LogP contribution in [0.5, 0.6) is 11.5 Å². The van der Waals surface area contributed by atoms with Crippen molar-refractivity contribution in [3.8, 4) is 11.5 Å². The summed E-state index contributed by atoms with van der Waals surface area (Å²) in [5.74, 6) is 0.159. The Balaban J connectivity index is 2.22. The van der Waals surface area contributed by atoms with Gasteiger partial charge < -0.3 is 9.47 Å². The topological polar surface area (TPSA) is 70.4 Å². The molecule has 1 heterocycles. The molecule has 0 aliphatic carbocycles. The first kappa shape index (κ1) is 16.7. The van der Waals surface area contributed by atoms with Gasteiger partial charge in [-0.2, -0.15) is 5.10 Å². The number of aromatic nitrogens is 2. The van der Waals surface area contributed by atoms with E-state index in [4.69, 9.17) is 9.47 Å². The van der Waals surface area contributed by atoms with E-state index in [1.807, 2.05) is 19.9 Å². The minimum Gasteiger partial charge on any atom is -0.493 e. The lowest BCUT2D eigenvalue weighted by molar-refractivity contribution is 0.0720. The molecular formula is C17H20N2O4. The van der Waals surface area contributed by atoms with Crippen molar-refractivity contribution >= 4 is 5.97 Å². The van der Waals surface area contributed by atoms with Crippen LogP contribution in [0.15, 0.2) is 35.1 Å². The SMILES string of the molecule is CCCCn1nc(C(=O)Oc2ccc(C)cc2OC)ccc1=O. The number of carbonyl (C=O) groups excluding carboxylic acids is 1. The summed E-state index contributed by atoms with van der Waals surface area (Å²) in [6.45, 7) is 4.41. The summed E-state index contributed by atoms with van der Waals surface area (Å²) in [5, 5.41) is 4.07. The van der Waals surface area contributed by atoms with Crippen molar-refractivity contribution in [3.05, 3.63) is 51.9 Å². The summed E-state index contributed by atoms with van der Waals surface area (Å²) in [4.78, 5) is 24.0. The van der Waals surface area contributed by atoms with E-state index < -0.39 is 5.97 Å². The zero-order valence-corrected chi connectivity index (χ0v) is 13.5. The Bertz CT molecular complexity index is 752. The number of carbonyl (C=O) groups is 1. The Morgan fingerprint density at radius 3 is 2.70 bits per heavy atom. The maximum absolute atomic E-state index is 12.2. The average molecular weight is 316 g/mol. The number of hydrogen-bond donors (Lipinski definition) is 0. The molecule has 0 bridgehead atoms. The van der Waals surface area contributed by atoms with E-state index in [1.165, 1.54) is 23.9 Å². The highest BCUT2D eigenvalue weighted by Gasteiger charge is 2.15. The zero-order chi connectivity index (χ0) is 16.8. The van der Waals surface area contributed by atoms with E-state index in [0.29, 0.717) is 18.0 Å². The summed E-state index contributed by atoms with van der Waals surface area (Å²) in [5.41, 5.74) is 0.846. The molecule has 0 saturated heterocycles. The molecule has 6 nitrogen and oxygen atoms in total. The maximum atomic E-state index is 12.2. The van der Waals surface area contributed by atoms with E-state index in [9.17, 15) is 9.59 Å². The van der Waals surface area contributed by atoms with Crippen molar-refractivity contribution in [2.24, 2.45) is 0 Å². The Kier molecular flexibility index (Phi) is 5.51. The van der Waals surface area contributed by atoms with Gasteiger partial charge in [0.1, 0.15) is 0 Å². The minimum atomic E-state index is -0.627. The highest BCUT2D eigenvalue weighted by molar-refractivity contribution is 5.89. The standard InChI is InChI=1S/C17H20N2O4/c1-4-5-10-19-16(20)9-7-13(18-19)17(21)23-14-8-6-12(2)11-15(14)22-3/h6-9,11H,4-5,10H2,1-3H3. The Hall–Kier alpha value is -2.63. The van der Waals surface area contributed by atoms with Crippen LogP contribution in [0.4, 0.5) is 0 Å². The van der Waals surface area contributed by atoms with E-state index in [2.05, 4.69) is 5.10 Å². The van der Waals surface area contributed by atoms with Gasteiger partial charge in [0.2, 0.25) is 0 Å². The predicted molar refractivity (Wildman–Crippen MR) is 86.1 cm³/mol. The molecule has 122 valence electrons. The second-order valence-electron chi connectivity index (χ2n) is 5.18. The first-order valence-electron chi connectivity index (χ1n) is 7.50. The fraction of sp³-hybridized carbons (Fsp3) is 0.353. The van der Waals surface area contributed by atoms with Gasteiger partial charge in [-0.15, -0.1) is 0 Å². The first-order valence-corrected chi connectivity index (χ1v) is 7.50. The zero-order valence-electron chi connectivity index (χ0n) is 13.5. The lowest BCUT2D eigenvalue weighted by Crippen LogP contribution is -2.25. The average Bonchev–Trinajstić information content (AvgIpc) is 2.55. The smallest absolute Gasteiger partial charge is 0.364 e. The molecule has 0 unspecified atom stereocenters. The van der Waals surface area contributed by atoms with Crippen molar-refractivity contribution < 1.29 is 14.3 Å². The van der Waals surface area contributed by atoms with E-state index in [0.717, 1.165) is 18.4 Å². The molecule has 0 aliphatic rings. The van der Waals surface area contributed by atoms with Gasteiger partial charge >= 0.3 is 5.97 Å². The van der Waals surface area contributed by atoms with Crippen LogP contribution in [-0.4, -0.2) is 22.9 Å². The Labute approximate surface area is 134 Å². The number of benzene rings is 1. The van der Waals surface area contributed by atoms with Crippen molar-refractivity contribution in [1.29, 1.82) is 0 Å². The second kappa shape index (κ2) is 7.58. The molecule has 2 aromatic rings. The van der Waals surface area contributed by atoms with Crippen molar-refractivity contribution in [2.75, 3.05) is 7.11 Å². The fourth-order valence-electron chi connectivity index (χ4n) is 2.04. The summed E-state index contributed by atoms with van der Waals surface area (Å²) in [7, 11) is 1.51. The molecule has 0 N–H and O–H groups in total. The third-order valence-electron chi connectivity index (χ3n) is 3.32. The minimum absolute atomic E-state index is 0.0864. The van der Waals surface area contributed by atoms with E-state index in [1.54, 1.807) is 12.1 Å².